The summed E-state index contributed by atoms with van der Waals surface area (Å²) < 4.78 is 0. The molecule has 4 nitrogen and oxygen atoms in total. The van der Waals surface area contributed by atoms with Crippen molar-refractivity contribution < 1.29 is 9.90 Å². The minimum atomic E-state index is -0.654. The van der Waals surface area contributed by atoms with E-state index in [0.29, 0.717) is 12.8 Å². The molecule has 4 heteroatoms. The number of rotatable bonds is 0. The summed E-state index contributed by atoms with van der Waals surface area (Å²) in [4.78, 5) is 13.3. The van der Waals surface area contributed by atoms with Gasteiger partial charge in [-0.05, 0) is 39.4 Å². The van der Waals surface area contributed by atoms with Gasteiger partial charge >= 0.3 is 0 Å². The van der Waals surface area contributed by atoms with Crippen LogP contribution in [-0.2, 0) is 4.79 Å². The number of aliphatic hydroxyl groups excluding tert-OH is 1. The first-order valence-corrected chi connectivity index (χ1v) is 4.84. The van der Waals surface area contributed by atoms with Crippen LogP contribution in [0.5, 0.6) is 0 Å². The van der Waals surface area contributed by atoms with E-state index in [2.05, 4.69) is 10.2 Å². The van der Waals surface area contributed by atoms with Crippen molar-refractivity contribution in [3.8, 4) is 0 Å². The minimum Gasteiger partial charge on any atom is -0.374 e. The van der Waals surface area contributed by atoms with Crippen LogP contribution in [-0.4, -0.2) is 42.3 Å². The van der Waals surface area contributed by atoms with Crippen molar-refractivity contribution in [1.29, 1.82) is 0 Å². The van der Waals surface area contributed by atoms with Gasteiger partial charge in [0.05, 0.1) is 0 Å². The summed E-state index contributed by atoms with van der Waals surface area (Å²) >= 11 is 0. The monoisotopic (exact) mass is 186 g/mol. The fourth-order valence-corrected chi connectivity index (χ4v) is 1.51. The summed E-state index contributed by atoms with van der Waals surface area (Å²) in [7, 11) is 2.05. The number of amides is 1. The van der Waals surface area contributed by atoms with Crippen molar-refractivity contribution in [2.24, 2.45) is 0 Å². The Morgan fingerprint density at radius 2 is 2.15 bits per heavy atom. The molecule has 76 valence electrons. The number of aliphatic hydroxyl groups is 1. The van der Waals surface area contributed by atoms with Gasteiger partial charge in [-0.25, -0.2) is 0 Å². The molecule has 0 aromatic carbocycles. The fourth-order valence-electron chi connectivity index (χ4n) is 1.51. The maximum atomic E-state index is 11.1. The van der Waals surface area contributed by atoms with Crippen LogP contribution in [0.15, 0.2) is 0 Å². The van der Waals surface area contributed by atoms with Crippen LogP contribution < -0.4 is 5.32 Å². The quantitative estimate of drug-likeness (QED) is 0.556. The summed E-state index contributed by atoms with van der Waals surface area (Å²) in [5, 5.41) is 11.9. The summed E-state index contributed by atoms with van der Waals surface area (Å²) in [5.74, 6) is -0.0391. The first-order chi connectivity index (χ1) is 6.18. The van der Waals surface area contributed by atoms with Crippen LogP contribution in [0.1, 0.15) is 25.7 Å². The summed E-state index contributed by atoms with van der Waals surface area (Å²) in [5.41, 5.74) is 0. The molecule has 0 aromatic heterocycles. The summed E-state index contributed by atoms with van der Waals surface area (Å²) in [6.07, 6.45) is 2.31. The first-order valence-electron chi connectivity index (χ1n) is 4.84. The zero-order valence-corrected chi connectivity index (χ0v) is 8.12. The smallest absolute Gasteiger partial charge is 0.222 e. The third-order valence-electron chi connectivity index (χ3n) is 2.29. The second-order valence-corrected chi connectivity index (χ2v) is 3.63. The molecule has 13 heavy (non-hydrogen) atoms. The second-order valence-electron chi connectivity index (χ2n) is 3.63. The van der Waals surface area contributed by atoms with E-state index in [-0.39, 0.29) is 5.91 Å². The standard InChI is InChI=1S/C9H18N2O2/c1-11-6-2-4-8(12)10-9(13)5-3-7-11/h8,12H,2-7H2,1H3,(H,10,13). The van der Waals surface area contributed by atoms with Crippen molar-refractivity contribution >= 4 is 5.91 Å². The normalized spacial score (nSPS) is 28.2. The second kappa shape index (κ2) is 5.19. The molecular formula is C9H18N2O2. The number of hydrogen-bond donors (Lipinski definition) is 2. The highest BCUT2D eigenvalue weighted by molar-refractivity contribution is 5.75. The molecule has 0 spiro atoms. The molecule has 1 atom stereocenters. The van der Waals surface area contributed by atoms with Crippen molar-refractivity contribution in [3.63, 3.8) is 0 Å². The lowest BCUT2D eigenvalue weighted by molar-refractivity contribution is -0.124. The predicted molar refractivity (Wildman–Crippen MR) is 50.1 cm³/mol. The zero-order chi connectivity index (χ0) is 9.68. The van der Waals surface area contributed by atoms with Gasteiger partial charge < -0.3 is 15.3 Å². The Bertz CT molecular complexity index is 173. The molecule has 0 aromatic rings. The van der Waals surface area contributed by atoms with E-state index in [1.165, 1.54) is 0 Å². The lowest BCUT2D eigenvalue weighted by Crippen LogP contribution is -2.36. The van der Waals surface area contributed by atoms with Gasteiger partial charge in [0.25, 0.3) is 0 Å². The molecule has 1 fully saturated rings. The molecule has 1 heterocycles. The van der Waals surface area contributed by atoms with Gasteiger partial charge in [0.2, 0.25) is 5.91 Å². The van der Waals surface area contributed by atoms with E-state index in [1.807, 2.05) is 7.05 Å². The average molecular weight is 186 g/mol. The van der Waals surface area contributed by atoms with Crippen LogP contribution >= 0.6 is 0 Å². The molecule has 0 bridgehead atoms. The molecule has 1 unspecified atom stereocenters. The Kier molecular flexibility index (Phi) is 4.18. The third-order valence-corrected chi connectivity index (χ3v) is 2.29. The topological polar surface area (TPSA) is 52.6 Å². The van der Waals surface area contributed by atoms with E-state index < -0.39 is 6.23 Å². The number of carbonyl (C=O) groups excluding carboxylic acids is 1. The molecule has 1 rings (SSSR count). The Morgan fingerprint density at radius 1 is 1.46 bits per heavy atom. The number of nitrogens with zero attached hydrogens (tertiary/aromatic N) is 1. The van der Waals surface area contributed by atoms with Crippen LogP contribution in [0.25, 0.3) is 0 Å². The van der Waals surface area contributed by atoms with E-state index in [9.17, 15) is 9.90 Å². The molecule has 2 N–H and O–H groups in total. The number of nitrogens with one attached hydrogen (secondary N) is 1. The maximum Gasteiger partial charge on any atom is 0.222 e. The van der Waals surface area contributed by atoms with E-state index in [0.717, 1.165) is 25.9 Å². The van der Waals surface area contributed by atoms with Crippen LogP contribution in [0.4, 0.5) is 0 Å². The lowest BCUT2D eigenvalue weighted by atomic mass is 10.2. The molecule has 1 amide bonds. The third kappa shape index (κ3) is 4.24. The van der Waals surface area contributed by atoms with Gasteiger partial charge in [0, 0.05) is 6.42 Å². The van der Waals surface area contributed by atoms with Crippen molar-refractivity contribution in [2.45, 2.75) is 31.9 Å². The van der Waals surface area contributed by atoms with Gasteiger partial charge in [-0.3, -0.25) is 4.79 Å². The predicted octanol–water partition coefficient (Wildman–Crippen LogP) is -0.0732. The number of carbonyl (C=O) groups is 1. The van der Waals surface area contributed by atoms with Gasteiger partial charge in [0.1, 0.15) is 6.23 Å². The van der Waals surface area contributed by atoms with E-state index in [4.69, 9.17) is 0 Å². The highest BCUT2D eigenvalue weighted by atomic mass is 16.3. The minimum absolute atomic E-state index is 0.0391. The van der Waals surface area contributed by atoms with Crippen molar-refractivity contribution in [1.82, 2.24) is 10.2 Å². The van der Waals surface area contributed by atoms with Gasteiger partial charge in [-0.15, -0.1) is 0 Å². The van der Waals surface area contributed by atoms with Crippen molar-refractivity contribution in [3.05, 3.63) is 0 Å². The highest BCUT2D eigenvalue weighted by Gasteiger charge is 2.11. The Labute approximate surface area is 78.9 Å². The zero-order valence-electron chi connectivity index (χ0n) is 8.12. The van der Waals surface area contributed by atoms with E-state index >= 15 is 0 Å². The highest BCUT2D eigenvalue weighted by Crippen LogP contribution is 2.02. The number of hydrogen-bond acceptors (Lipinski definition) is 3. The molecule has 1 aliphatic heterocycles. The van der Waals surface area contributed by atoms with Gasteiger partial charge in [-0.2, -0.15) is 0 Å². The summed E-state index contributed by atoms with van der Waals surface area (Å²) in [6, 6.07) is 0. The largest absolute Gasteiger partial charge is 0.374 e. The van der Waals surface area contributed by atoms with Crippen LogP contribution in [0.3, 0.4) is 0 Å². The molecule has 1 aliphatic rings. The SMILES string of the molecule is CN1CCCC(=O)NC(O)CCC1. The Hall–Kier alpha value is -0.610. The molecule has 0 aliphatic carbocycles. The van der Waals surface area contributed by atoms with Crippen molar-refractivity contribution in [2.75, 3.05) is 20.1 Å². The first kappa shape index (κ1) is 10.5. The van der Waals surface area contributed by atoms with Crippen LogP contribution in [0, 0.1) is 0 Å². The van der Waals surface area contributed by atoms with Gasteiger partial charge in [-0.1, -0.05) is 0 Å². The van der Waals surface area contributed by atoms with Gasteiger partial charge in [0.15, 0.2) is 0 Å². The van der Waals surface area contributed by atoms with E-state index in [1.54, 1.807) is 0 Å². The maximum absolute atomic E-state index is 11.1. The molecular weight excluding hydrogens is 168 g/mol. The summed E-state index contributed by atoms with van der Waals surface area (Å²) in [6.45, 7) is 1.95. The Morgan fingerprint density at radius 3 is 2.92 bits per heavy atom. The van der Waals surface area contributed by atoms with Crippen LogP contribution in [0.2, 0.25) is 0 Å². The average Bonchev–Trinajstić information content (AvgIpc) is 2.03. The molecule has 0 saturated carbocycles. The fraction of sp³-hybridized carbons (Fsp3) is 0.889. The molecule has 1 saturated heterocycles. The lowest BCUT2D eigenvalue weighted by Gasteiger charge is -2.20. The molecule has 0 radical (unpaired) electrons. The Balaban J connectivity index is 2.37.